The van der Waals surface area contributed by atoms with Gasteiger partial charge >= 0.3 is 0 Å². The highest BCUT2D eigenvalue weighted by Gasteiger charge is 2.06. The third kappa shape index (κ3) is 3.62. The fourth-order valence-electron chi connectivity index (χ4n) is 2.47. The molecule has 1 heterocycles. The Hall–Kier alpha value is -1.77. The van der Waals surface area contributed by atoms with Gasteiger partial charge in [0.1, 0.15) is 5.75 Å². The van der Waals surface area contributed by atoms with Crippen LogP contribution in [0.4, 0.5) is 0 Å². The van der Waals surface area contributed by atoms with Crippen LogP contribution in [0.2, 0.25) is 0 Å². The molecule has 0 saturated carbocycles. The highest BCUT2D eigenvalue weighted by Crippen LogP contribution is 2.19. The Bertz CT molecular complexity index is 526. The van der Waals surface area contributed by atoms with Crippen molar-refractivity contribution in [2.45, 2.75) is 46.5 Å². The van der Waals surface area contributed by atoms with E-state index in [0.29, 0.717) is 0 Å². The molecule has 3 nitrogen and oxygen atoms in total. The molecule has 1 aromatic carbocycles. The first-order chi connectivity index (χ1) is 9.72. The fraction of sp³-hybridized carbons (Fsp3) is 0.471. The average molecular weight is 272 g/mol. The highest BCUT2D eigenvalue weighted by atomic mass is 16.5. The molecule has 0 spiro atoms. The van der Waals surface area contributed by atoms with E-state index in [1.54, 1.807) is 0 Å². The first-order valence-electron chi connectivity index (χ1n) is 7.43. The molecule has 0 aliphatic heterocycles. The minimum atomic E-state index is 0.785. The molecule has 0 amide bonds. The van der Waals surface area contributed by atoms with E-state index in [9.17, 15) is 0 Å². The molecule has 2 aromatic rings. The van der Waals surface area contributed by atoms with E-state index in [1.165, 1.54) is 16.8 Å². The second kappa shape index (κ2) is 7.13. The molecule has 1 N–H and O–H groups in total. The number of hydrogen-bond acceptors (Lipinski definition) is 2. The predicted molar refractivity (Wildman–Crippen MR) is 82.3 cm³/mol. The van der Waals surface area contributed by atoms with Crippen molar-refractivity contribution in [1.29, 1.82) is 0 Å². The van der Waals surface area contributed by atoms with E-state index >= 15 is 0 Å². The SMILES string of the molecule is CCc1ccccc1OCCCCc1c(C)n[nH]c1C. The third-order valence-corrected chi connectivity index (χ3v) is 3.71. The van der Waals surface area contributed by atoms with Crippen LogP contribution in [0.25, 0.3) is 0 Å². The van der Waals surface area contributed by atoms with E-state index in [0.717, 1.165) is 43.7 Å². The van der Waals surface area contributed by atoms with Crippen LogP contribution in [-0.4, -0.2) is 16.8 Å². The van der Waals surface area contributed by atoms with Gasteiger partial charge < -0.3 is 4.74 Å². The lowest BCUT2D eigenvalue weighted by Gasteiger charge is -2.10. The number of nitrogens with one attached hydrogen (secondary N) is 1. The van der Waals surface area contributed by atoms with E-state index in [1.807, 2.05) is 6.07 Å². The van der Waals surface area contributed by atoms with Crippen molar-refractivity contribution < 1.29 is 4.74 Å². The maximum atomic E-state index is 5.88. The van der Waals surface area contributed by atoms with Gasteiger partial charge in [-0.1, -0.05) is 25.1 Å². The zero-order valence-corrected chi connectivity index (χ0v) is 12.7. The number of aromatic amines is 1. The summed E-state index contributed by atoms with van der Waals surface area (Å²) < 4.78 is 5.88. The number of aryl methyl sites for hydroxylation is 3. The van der Waals surface area contributed by atoms with Gasteiger partial charge in [0.15, 0.2) is 0 Å². The van der Waals surface area contributed by atoms with Crippen molar-refractivity contribution in [3.63, 3.8) is 0 Å². The first kappa shape index (κ1) is 14.6. The lowest BCUT2D eigenvalue weighted by Crippen LogP contribution is -2.01. The van der Waals surface area contributed by atoms with Gasteiger partial charge in [0, 0.05) is 5.69 Å². The summed E-state index contributed by atoms with van der Waals surface area (Å²) in [6.45, 7) is 7.09. The largest absolute Gasteiger partial charge is 0.493 e. The number of hydrogen-bond donors (Lipinski definition) is 1. The van der Waals surface area contributed by atoms with Crippen molar-refractivity contribution in [2.75, 3.05) is 6.61 Å². The lowest BCUT2D eigenvalue weighted by molar-refractivity contribution is 0.304. The molecule has 0 aliphatic carbocycles. The summed E-state index contributed by atoms with van der Waals surface area (Å²) in [5, 5.41) is 7.27. The van der Waals surface area contributed by atoms with Crippen LogP contribution < -0.4 is 4.74 Å². The Kier molecular flexibility index (Phi) is 5.22. The van der Waals surface area contributed by atoms with Crippen LogP contribution in [0.1, 0.15) is 42.3 Å². The Labute approximate surface area is 121 Å². The zero-order valence-electron chi connectivity index (χ0n) is 12.7. The third-order valence-electron chi connectivity index (χ3n) is 3.71. The van der Waals surface area contributed by atoms with Gasteiger partial charge in [-0.3, -0.25) is 5.10 Å². The molecular weight excluding hydrogens is 248 g/mol. The molecule has 20 heavy (non-hydrogen) atoms. The standard InChI is InChI=1S/C17H24N2O/c1-4-15-9-5-6-11-17(15)20-12-8-7-10-16-13(2)18-19-14(16)3/h5-6,9,11H,4,7-8,10,12H2,1-3H3,(H,18,19). The van der Waals surface area contributed by atoms with E-state index in [-0.39, 0.29) is 0 Å². The van der Waals surface area contributed by atoms with Crippen LogP contribution in [0.15, 0.2) is 24.3 Å². The normalized spacial score (nSPS) is 10.8. The van der Waals surface area contributed by atoms with Crippen molar-refractivity contribution in [1.82, 2.24) is 10.2 Å². The number of unbranched alkanes of at least 4 members (excludes halogenated alkanes) is 1. The second-order valence-corrected chi connectivity index (χ2v) is 5.18. The quantitative estimate of drug-likeness (QED) is 0.774. The van der Waals surface area contributed by atoms with Crippen LogP contribution >= 0.6 is 0 Å². The van der Waals surface area contributed by atoms with Crippen LogP contribution in [0.5, 0.6) is 5.75 Å². The molecule has 1 aromatic heterocycles. The molecule has 0 fully saturated rings. The topological polar surface area (TPSA) is 37.9 Å². The van der Waals surface area contributed by atoms with E-state index in [2.05, 4.69) is 49.2 Å². The zero-order chi connectivity index (χ0) is 14.4. The number of para-hydroxylation sites is 1. The summed E-state index contributed by atoms with van der Waals surface area (Å²) in [6.07, 6.45) is 4.30. The number of aromatic nitrogens is 2. The number of rotatable bonds is 7. The summed E-state index contributed by atoms with van der Waals surface area (Å²) >= 11 is 0. The van der Waals surface area contributed by atoms with E-state index < -0.39 is 0 Å². The van der Waals surface area contributed by atoms with Gasteiger partial charge in [-0.05, 0) is 56.7 Å². The minimum absolute atomic E-state index is 0.785. The predicted octanol–water partition coefficient (Wildman–Crippen LogP) is 3.99. The minimum Gasteiger partial charge on any atom is -0.493 e. The van der Waals surface area contributed by atoms with Crippen molar-refractivity contribution in [3.05, 3.63) is 46.8 Å². The van der Waals surface area contributed by atoms with Gasteiger partial charge in [-0.15, -0.1) is 0 Å². The summed E-state index contributed by atoms with van der Waals surface area (Å²) in [6, 6.07) is 8.29. The molecule has 2 rings (SSSR count). The Morgan fingerprint density at radius 2 is 1.95 bits per heavy atom. The van der Waals surface area contributed by atoms with Gasteiger partial charge in [-0.2, -0.15) is 5.10 Å². The smallest absolute Gasteiger partial charge is 0.122 e. The van der Waals surface area contributed by atoms with Gasteiger partial charge in [-0.25, -0.2) is 0 Å². The van der Waals surface area contributed by atoms with Crippen molar-refractivity contribution >= 4 is 0 Å². The summed E-state index contributed by atoms with van der Waals surface area (Å²) in [7, 11) is 0. The van der Waals surface area contributed by atoms with Crippen molar-refractivity contribution in [2.24, 2.45) is 0 Å². The summed E-state index contributed by atoms with van der Waals surface area (Å²) in [4.78, 5) is 0. The molecule has 0 bridgehead atoms. The fourth-order valence-corrected chi connectivity index (χ4v) is 2.47. The maximum absolute atomic E-state index is 5.88. The molecule has 0 saturated heterocycles. The summed E-state index contributed by atoms with van der Waals surface area (Å²) in [5.74, 6) is 1.03. The number of nitrogens with zero attached hydrogens (tertiary/aromatic N) is 1. The molecule has 0 radical (unpaired) electrons. The Morgan fingerprint density at radius 1 is 1.15 bits per heavy atom. The van der Waals surface area contributed by atoms with Crippen molar-refractivity contribution in [3.8, 4) is 5.75 Å². The molecule has 3 heteroatoms. The molecule has 0 atom stereocenters. The lowest BCUT2D eigenvalue weighted by atomic mass is 10.1. The van der Waals surface area contributed by atoms with Gasteiger partial charge in [0.25, 0.3) is 0 Å². The van der Waals surface area contributed by atoms with Gasteiger partial charge in [0.2, 0.25) is 0 Å². The second-order valence-electron chi connectivity index (χ2n) is 5.18. The highest BCUT2D eigenvalue weighted by molar-refractivity contribution is 5.33. The Morgan fingerprint density at radius 3 is 2.65 bits per heavy atom. The number of H-pyrrole nitrogens is 1. The Balaban J connectivity index is 1.74. The summed E-state index contributed by atoms with van der Waals surface area (Å²) in [5.41, 5.74) is 4.97. The monoisotopic (exact) mass is 272 g/mol. The molecule has 108 valence electrons. The van der Waals surface area contributed by atoms with Crippen LogP contribution in [0, 0.1) is 13.8 Å². The molecular formula is C17H24N2O. The molecule has 0 unspecified atom stereocenters. The first-order valence-corrected chi connectivity index (χ1v) is 7.43. The average Bonchev–Trinajstić information content (AvgIpc) is 2.79. The maximum Gasteiger partial charge on any atom is 0.122 e. The van der Waals surface area contributed by atoms with Crippen LogP contribution in [-0.2, 0) is 12.8 Å². The van der Waals surface area contributed by atoms with Crippen LogP contribution in [0.3, 0.4) is 0 Å². The molecule has 0 aliphatic rings. The van der Waals surface area contributed by atoms with E-state index in [4.69, 9.17) is 4.74 Å². The number of ether oxygens (including phenoxy) is 1. The number of benzene rings is 1. The van der Waals surface area contributed by atoms with Gasteiger partial charge in [0.05, 0.1) is 12.3 Å².